The van der Waals surface area contributed by atoms with Gasteiger partial charge in [-0.15, -0.1) is 5.10 Å². The number of ether oxygens (including phenoxy) is 2. The highest BCUT2D eigenvalue weighted by Gasteiger charge is 2.46. The molecule has 3 rings (SSSR count). The molecule has 8 nitrogen and oxygen atoms in total. The van der Waals surface area contributed by atoms with Gasteiger partial charge in [0, 0.05) is 13.0 Å². The lowest BCUT2D eigenvalue weighted by molar-refractivity contribution is -0.178. The summed E-state index contributed by atoms with van der Waals surface area (Å²) in [6, 6.07) is 0. The van der Waals surface area contributed by atoms with Crippen molar-refractivity contribution in [3.8, 4) is 5.95 Å². The van der Waals surface area contributed by atoms with Gasteiger partial charge in [0.1, 0.15) is 5.60 Å². The molecule has 2 aromatic rings. The maximum atomic E-state index is 12.9. The van der Waals surface area contributed by atoms with Crippen LogP contribution in [0.1, 0.15) is 39.3 Å². The standard InChI is InChI=1S/C16H20FN5O3/c1-15(2,3)25-13(23)16(5-4-6-24-16)7-12-10-22(21-20-12)14-18-8-11(17)9-19-14/h8-10H,4-7H2,1-3H3. The van der Waals surface area contributed by atoms with Crippen LogP contribution in [0.4, 0.5) is 4.39 Å². The third-order valence-corrected chi connectivity index (χ3v) is 3.69. The average molecular weight is 349 g/mol. The van der Waals surface area contributed by atoms with Gasteiger partial charge in [-0.2, -0.15) is 4.68 Å². The molecule has 3 heterocycles. The fourth-order valence-electron chi connectivity index (χ4n) is 2.63. The Hall–Kier alpha value is -2.42. The van der Waals surface area contributed by atoms with Crippen LogP contribution in [-0.2, 0) is 20.7 Å². The van der Waals surface area contributed by atoms with Crippen molar-refractivity contribution in [3.63, 3.8) is 0 Å². The van der Waals surface area contributed by atoms with E-state index in [1.54, 1.807) is 6.20 Å². The van der Waals surface area contributed by atoms with Crippen molar-refractivity contribution in [2.24, 2.45) is 0 Å². The maximum Gasteiger partial charge on any atom is 0.339 e. The molecular formula is C16H20FN5O3. The first kappa shape index (κ1) is 17.4. The summed E-state index contributed by atoms with van der Waals surface area (Å²) in [4.78, 5) is 20.3. The van der Waals surface area contributed by atoms with Gasteiger partial charge < -0.3 is 9.47 Å². The van der Waals surface area contributed by atoms with Crippen LogP contribution in [0.5, 0.6) is 0 Å². The zero-order chi connectivity index (χ0) is 18.1. The van der Waals surface area contributed by atoms with Gasteiger partial charge in [0.05, 0.1) is 24.3 Å². The smallest absolute Gasteiger partial charge is 0.339 e. The van der Waals surface area contributed by atoms with Gasteiger partial charge in [-0.3, -0.25) is 0 Å². The summed E-state index contributed by atoms with van der Waals surface area (Å²) in [6.45, 7) is 5.94. The van der Waals surface area contributed by atoms with Crippen molar-refractivity contribution in [2.75, 3.05) is 6.61 Å². The number of carbonyl (C=O) groups excluding carboxylic acids is 1. The first-order valence-electron chi connectivity index (χ1n) is 8.04. The van der Waals surface area contributed by atoms with E-state index in [4.69, 9.17) is 9.47 Å². The van der Waals surface area contributed by atoms with Crippen LogP contribution in [0, 0.1) is 5.82 Å². The lowest BCUT2D eigenvalue weighted by atomic mass is 9.94. The Bertz CT molecular complexity index is 748. The van der Waals surface area contributed by atoms with Gasteiger partial charge in [-0.05, 0) is 33.6 Å². The molecule has 1 saturated heterocycles. The topological polar surface area (TPSA) is 92.0 Å². The van der Waals surface area contributed by atoms with Crippen molar-refractivity contribution < 1.29 is 18.7 Å². The van der Waals surface area contributed by atoms with Crippen LogP contribution in [0.3, 0.4) is 0 Å². The number of esters is 1. The summed E-state index contributed by atoms with van der Waals surface area (Å²) >= 11 is 0. The molecule has 0 aromatic carbocycles. The average Bonchev–Trinajstić information content (AvgIpc) is 3.17. The minimum absolute atomic E-state index is 0.193. The summed E-state index contributed by atoms with van der Waals surface area (Å²) in [5.74, 6) is -0.740. The number of aromatic nitrogens is 5. The SMILES string of the molecule is CC(C)(C)OC(=O)C1(Cc2cn(-c3ncc(F)cn3)nn2)CCCO1. The second-order valence-corrected chi connectivity index (χ2v) is 6.98. The summed E-state index contributed by atoms with van der Waals surface area (Å²) in [5, 5.41) is 7.99. The molecule has 9 heteroatoms. The molecule has 0 spiro atoms. The van der Waals surface area contributed by atoms with Gasteiger partial charge in [0.2, 0.25) is 0 Å². The summed E-state index contributed by atoms with van der Waals surface area (Å²) < 4.78 is 25.5. The predicted molar refractivity (Wildman–Crippen MR) is 84.4 cm³/mol. The Morgan fingerprint density at radius 3 is 2.72 bits per heavy atom. The highest BCUT2D eigenvalue weighted by molar-refractivity contribution is 5.80. The van der Waals surface area contributed by atoms with Gasteiger partial charge in [-0.1, -0.05) is 5.21 Å². The molecule has 0 saturated carbocycles. The Balaban J connectivity index is 1.79. The molecule has 2 aromatic heterocycles. The maximum absolute atomic E-state index is 12.9. The zero-order valence-electron chi connectivity index (χ0n) is 14.4. The quantitative estimate of drug-likeness (QED) is 0.775. The number of hydrogen-bond acceptors (Lipinski definition) is 7. The zero-order valence-corrected chi connectivity index (χ0v) is 14.4. The third kappa shape index (κ3) is 3.98. The van der Waals surface area contributed by atoms with E-state index in [9.17, 15) is 9.18 Å². The van der Waals surface area contributed by atoms with Crippen LogP contribution in [-0.4, -0.2) is 48.7 Å². The summed E-state index contributed by atoms with van der Waals surface area (Å²) in [6.07, 6.45) is 5.26. The molecule has 0 bridgehead atoms. The minimum atomic E-state index is -1.06. The van der Waals surface area contributed by atoms with Gasteiger partial charge in [0.15, 0.2) is 11.4 Å². The number of rotatable bonds is 4. The van der Waals surface area contributed by atoms with Crippen molar-refractivity contribution in [3.05, 3.63) is 30.1 Å². The Kier molecular flexibility index (Phi) is 4.51. The van der Waals surface area contributed by atoms with Crippen LogP contribution >= 0.6 is 0 Å². The number of nitrogens with zero attached hydrogens (tertiary/aromatic N) is 5. The van der Waals surface area contributed by atoms with E-state index < -0.39 is 23.0 Å². The van der Waals surface area contributed by atoms with Crippen LogP contribution < -0.4 is 0 Å². The predicted octanol–water partition coefficient (Wildman–Crippen LogP) is 1.63. The molecule has 1 aliphatic rings. The molecule has 25 heavy (non-hydrogen) atoms. The molecule has 1 fully saturated rings. The summed E-state index contributed by atoms with van der Waals surface area (Å²) in [5.41, 5.74) is -1.12. The fraction of sp³-hybridized carbons (Fsp3) is 0.562. The molecular weight excluding hydrogens is 329 g/mol. The lowest BCUT2D eigenvalue weighted by Crippen LogP contribution is -2.45. The van der Waals surface area contributed by atoms with E-state index in [1.165, 1.54) is 4.68 Å². The first-order valence-corrected chi connectivity index (χ1v) is 8.04. The van der Waals surface area contributed by atoms with E-state index in [0.29, 0.717) is 18.7 Å². The highest BCUT2D eigenvalue weighted by atomic mass is 19.1. The van der Waals surface area contributed by atoms with Crippen LogP contribution in [0.25, 0.3) is 5.95 Å². The fourth-order valence-corrected chi connectivity index (χ4v) is 2.63. The number of halogens is 1. The van der Waals surface area contributed by atoms with Crippen LogP contribution in [0.2, 0.25) is 0 Å². The molecule has 0 aliphatic carbocycles. The van der Waals surface area contributed by atoms with Gasteiger partial charge >= 0.3 is 5.97 Å². The third-order valence-electron chi connectivity index (χ3n) is 3.69. The number of carbonyl (C=O) groups is 1. The first-order chi connectivity index (χ1) is 11.8. The van der Waals surface area contributed by atoms with Crippen LogP contribution in [0.15, 0.2) is 18.6 Å². The minimum Gasteiger partial charge on any atom is -0.458 e. The second-order valence-electron chi connectivity index (χ2n) is 6.98. The molecule has 0 radical (unpaired) electrons. The van der Waals surface area contributed by atoms with Crippen molar-refractivity contribution in [1.29, 1.82) is 0 Å². The van der Waals surface area contributed by atoms with Crippen molar-refractivity contribution in [2.45, 2.75) is 51.2 Å². The monoisotopic (exact) mass is 349 g/mol. The molecule has 1 atom stereocenters. The van der Waals surface area contributed by atoms with E-state index in [1.807, 2.05) is 20.8 Å². The lowest BCUT2D eigenvalue weighted by Gasteiger charge is -2.29. The van der Waals surface area contributed by atoms with E-state index in [2.05, 4.69) is 20.3 Å². The molecule has 134 valence electrons. The Morgan fingerprint density at radius 2 is 2.12 bits per heavy atom. The van der Waals surface area contributed by atoms with E-state index in [-0.39, 0.29) is 12.4 Å². The molecule has 0 N–H and O–H groups in total. The molecule has 1 aliphatic heterocycles. The molecule has 0 amide bonds. The highest BCUT2D eigenvalue weighted by Crippen LogP contribution is 2.32. The van der Waals surface area contributed by atoms with Crippen molar-refractivity contribution >= 4 is 5.97 Å². The largest absolute Gasteiger partial charge is 0.458 e. The van der Waals surface area contributed by atoms with E-state index >= 15 is 0 Å². The number of hydrogen-bond donors (Lipinski definition) is 0. The Labute approximate surface area is 144 Å². The van der Waals surface area contributed by atoms with Gasteiger partial charge in [0.25, 0.3) is 5.95 Å². The van der Waals surface area contributed by atoms with E-state index in [0.717, 1.165) is 18.8 Å². The van der Waals surface area contributed by atoms with Gasteiger partial charge in [-0.25, -0.2) is 19.2 Å². The summed E-state index contributed by atoms with van der Waals surface area (Å²) in [7, 11) is 0. The van der Waals surface area contributed by atoms with Crippen molar-refractivity contribution in [1.82, 2.24) is 25.0 Å². The molecule has 1 unspecified atom stereocenters. The second kappa shape index (κ2) is 6.47. The normalized spacial score (nSPS) is 20.6. The Morgan fingerprint density at radius 1 is 1.40 bits per heavy atom.